The van der Waals surface area contributed by atoms with Crippen LogP contribution in [0.25, 0.3) is 0 Å². The molecule has 0 bridgehead atoms. The first kappa shape index (κ1) is 18.2. The molecule has 152 valence electrons. The van der Waals surface area contributed by atoms with Crippen molar-refractivity contribution in [3.63, 3.8) is 0 Å². The lowest BCUT2D eigenvalue weighted by Gasteiger charge is -2.18. The van der Waals surface area contributed by atoms with Crippen LogP contribution in [0.4, 0.5) is 11.4 Å². The fraction of sp³-hybridized carbons (Fsp3) is 0.421. The van der Waals surface area contributed by atoms with E-state index in [-0.39, 0.29) is 41.7 Å². The Kier molecular flexibility index (Phi) is 4.12. The highest BCUT2D eigenvalue weighted by atomic mass is 32.2. The molecule has 1 saturated heterocycles. The van der Waals surface area contributed by atoms with Gasteiger partial charge in [0.2, 0.25) is 0 Å². The van der Waals surface area contributed by atoms with Crippen LogP contribution >= 0.6 is 0 Å². The Balaban J connectivity index is 1.38. The van der Waals surface area contributed by atoms with Crippen LogP contribution in [0.15, 0.2) is 24.3 Å². The van der Waals surface area contributed by atoms with Crippen molar-refractivity contribution in [1.29, 1.82) is 0 Å². The predicted molar refractivity (Wildman–Crippen MR) is 105 cm³/mol. The van der Waals surface area contributed by atoms with Gasteiger partial charge in [0.15, 0.2) is 22.1 Å². The number of rotatable bonds is 4. The number of fused-ring (bicyclic) bond motifs is 1. The molecule has 1 aromatic carbocycles. The van der Waals surface area contributed by atoms with Crippen molar-refractivity contribution in [2.24, 2.45) is 0 Å². The van der Waals surface area contributed by atoms with E-state index in [0.717, 1.165) is 18.5 Å². The first-order valence-electron chi connectivity index (χ1n) is 9.56. The zero-order chi connectivity index (χ0) is 20.2. The molecule has 2 aromatic rings. The molecule has 3 aliphatic rings. The predicted octanol–water partition coefficient (Wildman–Crippen LogP) is 1.70. The highest BCUT2D eigenvalue weighted by Crippen LogP contribution is 2.42. The Morgan fingerprint density at radius 2 is 2.07 bits per heavy atom. The number of amides is 2. The summed E-state index contributed by atoms with van der Waals surface area (Å²) in [5.41, 5.74) is 2.20. The first-order chi connectivity index (χ1) is 13.9. The molecule has 1 atom stereocenters. The molecule has 5 rings (SSSR count). The van der Waals surface area contributed by atoms with Gasteiger partial charge in [-0.15, -0.1) is 0 Å². The number of hydrogen-bond donors (Lipinski definition) is 2. The van der Waals surface area contributed by atoms with Crippen molar-refractivity contribution >= 4 is 33.0 Å². The molecule has 3 heterocycles. The second-order valence-corrected chi connectivity index (χ2v) is 9.96. The molecule has 29 heavy (non-hydrogen) atoms. The van der Waals surface area contributed by atoms with Gasteiger partial charge in [-0.1, -0.05) is 0 Å². The van der Waals surface area contributed by atoms with E-state index in [1.165, 1.54) is 0 Å². The Labute approximate surface area is 167 Å². The van der Waals surface area contributed by atoms with E-state index in [2.05, 4.69) is 15.7 Å². The zero-order valence-electron chi connectivity index (χ0n) is 15.6. The number of ether oxygens (including phenoxy) is 1. The van der Waals surface area contributed by atoms with Crippen molar-refractivity contribution in [3.05, 3.63) is 35.7 Å². The van der Waals surface area contributed by atoms with Crippen LogP contribution in [0.2, 0.25) is 0 Å². The van der Waals surface area contributed by atoms with Crippen molar-refractivity contribution in [2.45, 2.75) is 31.2 Å². The van der Waals surface area contributed by atoms with Gasteiger partial charge in [-0.2, -0.15) is 5.10 Å². The quantitative estimate of drug-likeness (QED) is 0.783. The second-order valence-electron chi connectivity index (χ2n) is 7.73. The molecule has 2 amide bonds. The third-order valence-electron chi connectivity index (χ3n) is 5.42. The highest BCUT2D eigenvalue weighted by molar-refractivity contribution is 7.91. The summed E-state index contributed by atoms with van der Waals surface area (Å²) in [6.07, 6.45) is 2.57. The van der Waals surface area contributed by atoms with Gasteiger partial charge in [0, 0.05) is 17.3 Å². The monoisotopic (exact) mass is 416 g/mol. The number of anilines is 2. The Bertz CT molecular complexity index is 1120. The minimum Gasteiger partial charge on any atom is -0.482 e. The lowest BCUT2D eigenvalue weighted by atomic mass is 10.2. The number of carbonyl (C=O) groups is 2. The number of nitrogens with zero attached hydrogens (tertiary/aromatic N) is 2. The van der Waals surface area contributed by atoms with E-state index < -0.39 is 9.84 Å². The lowest BCUT2D eigenvalue weighted by molar-refractivity contribution is -0.118. The van der Waals surface area contributed by atoms with E-state index in [0.29, 0.717) is 29.5 Å². The summed E-state index contributed by atoms with van der Waals surface area (Å²) < 4.78 is 30.8. The van der Waals surface area contributed by atoms with Gasteiger partial charge < -0.3 is 15.4 Å². The number of sulfone groups is 1. The fourth-order valence-corrected chi connectivity index (χ4v) is 5.51. The molecule has 0 radical (unpaired) electrons. The van der Waals surface area contributed by atoms with E-state index in [1.54, 1.807) is 28.9 Å². The largest absolute Gasteiger partial charge is 0.482 e. The SMILES string of the molecule is O=C1COc2ccc(NC(=O)c3cc(C4CC4)n([C@H]4CCS(=O)(=O)C4)n3)cc2N1. The van der Waals surface area contributed by atoms with E-state index >= 15 is 0 Å². The van der Waals surface area contributed by atoms with Gasteiger partial charge in [0.25, 0.3) is 11.8 Å². The molecule has 9 nitrogen and oxygen atoms in total. The van der Waals surface area contributed by atoms with Gasteiger partial charge in [0.1, 0.15) is 5.75 Å². The molecule has 2 N–H and O–H groups in total. The van der Waals surface area contributed by atoms with Crippen molar-refractivity contribution in [1.82, 2.24) is 9.78 Å². The second kappa shape index (κ2) is 6.58. The van der Waals surface area contributed by atoms with Gasteiger partial charge in [-0.25, -0.2) is 8.42 Å². The molecule has 2 fully saturated rings. The summed E-state index contributed by atoms with van der Waals surface area (Å²) in [4.78, 5) is 24.3. The van der Waals surface area contributed by atoms with E-state index in [9.17, 15) is 18.0 Å². The summed E-state index contributed by atoms with van der Waals surface area (Å²) in [7, 11) is -3.05. The number of hydrogen-bond acceptors (Lipinski definition) is 6. The molecular weight excluding hydrogens is 396 g/mol. The summed E-state index contributed by atoms with van der Waals surface area (Å²) in [6.45, 7) is -0.0308. The third kappa shape index (κ3) is 3.59. The van der Waals surface area contributed by atoms with Crippen LogP contribution in [-0.2, 0) is 14.6 Å². The smallest absolute Gasteiger partial charge is 0.276 e. The molecule has 10 heteroatoms. The minimum atomic E-state index is -3.05. The molecule has 1 saturated carbocycles. The van der Waals surface area contributed by atoms with Gasteiger partial charge in [-0.3, -0.25) is 14.3 Å². The summed E-state index contributed by atoms with van der Waals surface area (Å²) in [5, 5.41) is 9.95. The minimum absolute atomic E-state index is 0.0308. The molecule has 1 aliphatic carbocycles. The van der Waals surface area contributed by atoms with Crippen molar-refractivity contribution in [2.75, 3.05) is 28.7 Å². The Morgan fingerprint density at radius 3 is 2.79 bits per heavy atom. The summed E-state index contributed by atoms with van der Waals surface area (Å²) in [5.74, 6) is 0.482. The van der Waals surface area contributed by atoms with Crippen LogP contribution in [0, 0.1) is 0 Å². The van der Waals surface area contributed by atoms with E-state index in [4.69, 9.17) is 4.74 Å². The van der Waals surface area contributed by atoms with E-state index in [1.807, 2.05) is 0 Å². The maximum Gasteiger partial charge on any atom is 0.276 e. The highest BCUT2D eigenvalue weighted by Gasteiger charge is 2.36. The number of nitrogens with one attached hydrogen (secondary N) is 2. The van der Waals surface area contributed by atoms with Crippen LogP contribution in [0.3, 0.4) is 0 Å². The molecule has 1 aromatic heterocycles. The normalized spacial score (nSPS) is 22.5. The van der Waals surface area contributed by atoms with Crippen molar-refractivity contribution < 1.29 is 22.7 Å². The molecule has 2 aliphatic heterocycles. The molecule has 0 spiro atoms. The maximum atomic E-state index is 12.8. The topological polar surface area (TPSA) is 119 Å². The van der Waals surface area contributed by atoms with Crippen LogP contribution < -0.4 is 15.4 Å². The van der Waals surface area contributed by atoms with Crippen LogP contribution in [0.1, 0.15) is 47.4 Å². The number of carbonyl (C=O) groups excluding carboxylic acids is 2. The summed E-state index contributed by atoms with van der Waals surface area (Å²) >= 11 is 0. The van der Waals surface area contributed by atoms with Gasteiger partial charge in [-0.05, 0) is 43.5 Å². The maximum absolute atomic E-state index is 12.8. The average molecular weight is 416 g/mol. The van der Waals surface area contributed by atoms with Crippen LogP contribution in [-0.4, -0.2) is 48.1 Å². The lowest BCUT2D eigenvalue weighted by Crippen LogP contribution is -2.25. The fourth-order valence-electron chi connectivity index (χ4n) is 3.82. The Morgan fingerprint density at radius 1 is 1.24 bits per heavy atom. The van der Waals surface area contributed by atoms with Crippen LogP contribution in [0.5, 0.6) is 5.75 Å². The zero-order valence-corrected chi connectivity index (χ0v) is 16.4. The van der Waals surface area contributed by atoms with Gasteiger partial charge in [0.05, 0.1) is 23.2 Å². The first-order valence-corrected chi connectivity index (χ1v) is 11.4. The third-order valence-corrected chi connectivity index (χ3v) is 7.17. The number of benzene rings is 1. The summed E-state index contributed by atoms with van der Waals surface area (Å²) in [6, 6.07) is 6.56. The average Bonchev–Trinajstić information content (AvgIpc) is 3.32. The molecular formula is C19H20N4O5S. The number of aromatic nitrogens is 2. The standard InChI is InChI=1S/C19H20N4O5S/c24-18-9-28-17-4-3-12(7-14(17)21-18)20-19(25)15-8-16(11-1-2-11)23(22-15)13-5-6-29(26,27)10-13/h3-4,7-8,11,13H,1-2,5-6,9-10H2,(H,20,25)(H,21,24)/t13-/m0/s1. The van der Waals surface area contributed by atoms with Crippen molar-refractivity contribution in [3.8, 4) is 5.75 Å². The Hall–Kier alpha value is -2.88. The molecule has 0 unspecified atom stereocenters. The van der Waals surface area contributed by atoms with Gasteiger partial charge >= 0.3 is 0 Å².